The highest BCUT2D eigenvalue weighted by molar-refractivity contribution is 14.1. The Hall–Kier alpha value is -1.94. The molecule has 0 aliphatic carbocycles. The standard InChI is InChI=1S/C19H17FIN3O2S/c1-2-24-18(26)16(11-17(25)22-14-8-6-13(21)7-9-14)27-19(24)23-15-5-3-4-12(20)10-15/h3-10,16H,2,11H2,1H3,(H,22,25). The minimum Gasteiger partial charge on any atom is -0.326 e. The van der Waals surface area contributed by atoms with Crippen LogP contribution in [0.5, 0.6) is 0 Å². The Morgan fingerprint density at radius 2 is 2.04 bits per heavy atom. The zero-order chi connectivity index (χ0) is 19.4. The summed E-state index contributed by atoms with van der Waals surface area (Å²) < 4.78 is 14.4. The van der Waals surface area contributed by atoms with E-state index in [1.54, 1.807) is 12.1 Å². The summed E-state index contributed by atoms with van der Waals surface area (Å²) in [6.45, 7) is 2.28. The fraction of sp³-hybridized carbons (Fsp3) is 0.211. The molecule has 0 radical (unpaired) electrons. The molecule has 1 aliphatic heterocycles. The zero-order valence-electron chi connectivity index (χ0n) is 14.5. The van der Waals surface area contributed by atoms with E-state index in [-0.39, 0.29) is 24.1 Å². The topological polar surface area (TPSA) is 61.8 Å². The lowest BCUT2D eigenvalue weighted by Crippen LogP contribution is -2.33. The summed E-state index contributed by atoms with van der Waals surface area (Å²) in [7, 11) is 0. The van der Waals surface area contributed by atoms with Crippen LogP contribution >= 0.6 is 34.4 Å². The second-order valence-corrected chi connectivity index (χ2v) is 8.24. The van der Waals surface area contributed by atoms with Crippen molar-refractivity contribution in [1.29, 1.82) is 0 Å². The van der Waals surface area contributed by atoms with Gasteiger partial charge < -0.3 is 5.32 Å². The molecule has 1 N–H and O–H groups in total. The van der Waals surface area contributed by atoms with Crippen molar-refractivity contribution in [3.8, 4) is 0 Å². The van der Waals surface area contributed by atoms with Gasteiger partial charge in [0.25, 0.3) is 0 Å². The number of aliphatic imine (C=N–C) groups is 1. The molecule has 1 heterocycles. The van der Waals surface area contributed by atoms with Gasteiger partial charge in [-0.15, -0.1) is 0 Å². The van der Waals surface area contributed by atoms with Gasteiger partial charge in [-0.05, 0) is 72.0 Å². The van der Waals surface area contributed by atoms with Crippen LogP contribution in [0.1, 0.15) is 13.3 Å². The average Bonchev–Trinajstić information content (AvgIpc) is 2.91. The minimum absolute atomic E-state index is 0.0498. The van der Waals surface area contributed by atoms with Gasteiger partial charge in [-0.25, -0.2) is 9.38 Å². The molecule has 2 aromatic carbocycles. The van der Waals surface area contributed by atoms with Crippen molar-refractivity contribution in [1.82, 2.24) is 4.90 Å². The lowest BCUT2D eigenvalue weighted by molar-refractivity contribution is -0.128. The molecule has 1 aliphatic rings. The van der Waals surface area contributed by atoms with E-state index in [1.165, 1.54) is 28.8 Å². The van der Waals surface area contributed by atoms with Gasteiger partial charge in [0, 0.05) is 22.2 Å². The highest BCUT2D eigenvalue weighted by Crippen LogP contribution is 2.31. The molecule has 0 aromatic heterocycles. The summed E-state index contributed by atoms with van der Waals surface area (Å²) in [5.74, 6) is -0.775. The Morgan fingerprint density at radius 1 is 1.30 bits per heavy atom. The van der Waals surface area contributed by atoms with Gasteiger partial charge in [0.05, 0.1) is 5.69 Å². The van der Waals surface area contributed by atoms with Crippen molar-refractivity contribution in [2.24, 2.45) is 4.99 Å². The molecular weight excluding hydrogens is 480 g/mol. The molecule has 0 saturated carbocycles. The van der Waals surface area contributed by atoms with Crippen LogP contribution in [0, 0.1) is 9.39 Å². The van der Waals surface area contributed by atoms with Crippen molar-refractivity contribution < 1.29 is 14.0 Å². The molecule has 0 spiro atoms. The third kappa shape index (κ3) is 5.07. The average molecular weight is 497 g/mol. The van der Waals surface area contributed by atoms with E-state index in [1.807, 2.05) is 31.2 Å². The van der Waals surface area contributed by atoms with E-state index < -0.39 is 5.25 Å². The number of amides is 2. The second kappa shape index (κ2) is 8.83. The molecule has 1 unspecified atom stereocenters. The summed E-state index contributed by atoms with van der Waals surface area (Å²) >= 11 is 3.43. The van der Waals surface area contributed by atoms with Crippen molar-refractivity contribution in [2.45, 2.75) is 18.6 Å². The van der Waals surface area contributed by atoms with Crippen molar-refractivity contribution in [3.63, 3.8) is 0 Å². The van der Waals surface area contributed by atoms with Crippen LogP contribution in [0.25, 0.3) is 0 Å². The van der Waals surface area contributed by atoms with E-state index in [0.29, 0.717) is 23.1 Å². The van der Waals surface area contributed by atoms with Gasteiger partial charge in [-0.3, -0.25) is 14.5 Å². The van der Waals surface area contributed by atoms with E-state index in [2.05, 4.69) is 32.9 Å². The van der Waals surface area contributed by atoms with Gasteiger partial charge in [0.15, 0.2) is 5.17 Å². The number of thioether (sulfide) groups is 1. The second-order valence-electron chi connectivity index (χ2n) is 5.82. The maximum Gasteiger partial charge on any atom is 0.242 e. The van der Waals surface area contributed by atoms with Gasteiger partial charge in [0.1, 0.15) is 11.1 Å². The molecule has 140 valence electrons. The van der Waals surface area contributed by atoms with E-state index in [4.69, 9.17) is 0 Å². The first kappa shape index (κ1) is 19.8. The Bertz CT molecular complexity index is 889. The SMILES string of the molecule is CCN1C(=O)C(CC(=O)Nc2ccc(I)cc2)SC1=Nc1cccc(F)c1. The third-order valence-electron chi connectivity index (χ3n) is 3.87. The van der Waals surface area contributed by atoms with Crippen molar-refractivity contribution in [2.75, 3.05) is 11.9 Å². The summed E-state index contributed by atoms with van der Waals surface area (Å²) in [6, 6.07) is 13.3. The number of rotatable bonds is 5. The fourth-order valence-corrected chi connectivity index (χ4v) is 4.17. The van der Waals surface area contributed by atoms with Gasteiger partial charge in [-0.1, -0.05) is 17.8 Å². The molecule has 8 heteroatoms. The van der Waals surface area contributed by atoms with E-state index in [0.717, 1.165) is 3.57 Å². The number of amidine groups is 1. The number of hydrogen-bond donors (Lipinski definition) is 1. The lowest BCUT2D eigenvalue weighted by Gasteiger charge is -2.13. The molecule has 27 heavy (non-hydrogen) atoms. The third-order valence-corrected chi connectivity index (χ3v) is 5.76. The summed E-state index contributed by atoms with van der Waals surface area (Å²) in [5.41, 5.74) is 1.13. The molecule has 1 fully saturated rings. The summed E-state index contributed by atoms with van der Waals surface area (Å²) in [4.78, 5) is 30.8. The minimum atomic E-state index is -0.541. The Morgan fingerprint density at radius 3 is 2.70 bits per heavy atom. The van der Waals surface area contributed by atoms with Gasteiger partial charge in [0.2, 0.25) is 11.8 Å². The van der Waals surface area contributed by atoms with Crippen LogP contribution in [0.15, 0.2) is 53.5 Å². The summed E-state index contributed by atoms with van der Waals surface area (Å²) in [5, 5.41) is 2.75. The number of hydrogen-bond acceptors (Lipinski definition) is 4. The van der Waals surface area contributed by atoms with E-state index in [9.17, 15) is 14.0 Å². The normalized spacial score (nSPS) is 18.2. The lowest BCUT2D eigenvalue weighted by atomic mass is 10.2. The number of nitrogens with zero attached hydrogens (tertiary/aromatic N) is 2. The first-order chi connectivity index (χ1) is 13.0. The predicted molar refractivity (Wildman–Crippen MR) is 115 cm³/mol. The first-order valence-electron chi connectivity index (χ1n) is 8.34. The van der Waals surface area contributed by atoms with Crippen LogP contribution in [0.2, 0.25) is 0 Å². The number of carbonyl (C=O) groups is 2. The number of benzene rings is 2. The number of halogens is 2. The summed E-state index contributed by atoms with van der Waals surface area (Å²) in [6.07, 6.45) is 0.0498. The van der Waals surface area contributed by atoms with Gasteiger partial charge in [-0.2, -0.15) is 0 Å². The van der Waals surface area contributed by atoms with Crippen molar-refractivity contribution >= 4 is 62.7 Å². The Labute approximate surface area is 174 Å². The molecule has 0 bridgehead atoms. The molecule has 2 amide bonds. The Kier molecular flexibility index (Phi) is 6.48. The van der Waals surface area contributed by atoms with Crippen LogP contribution in [-0.2, 0) is 9.59 Å². The van der Waals surface area contributed by atoms with Gasteiger partial charge >= 0.3 is 0 Å². The zero-order valence-corrected chi connectivity index (χ0v) is 17.5. The first-order valence-corrected chi connectivity index (χ1v) is 10.3. The van der Waals surface area contributed by atoms with Crippen molar-refractivity contribution in [3.05, 3.63) is 57.9 Å². The molecule has 1 atom stereocenters. The number of carbonyl (C=O) groups excluding carboxylic acids is 2. The maximum atomic E-state index is 13.4. The molecule has 3 rings (SSSR count). The largest absolute Gasteiger partial charge is 0.326 e. The van der Waals surface area contributed by atoms with Crippen LogP contribution in [0.4, 0.5) is 15.8 Å². The quantitative estimate of drug-likeness (QED) is 0.623. The monoisotopic (exact) mass is 497 g/mol. The number of anilines is 1. The highest BCUT2D eigenvalue weighted by Gasteiger charge is 2.38. The molecule has 5 nitrogen and oxygen atoms in total. The van der Waals surface area contributed by atoms with Crippen LogP contribution < -0.4 is 5.32 Å². The van der Waals surface area contributed by atoms with Crippen LogP contribution in [0.3, 0.4) is 0 Å². The van der Waals surface area contributed by atoms with Crippen LogP contribution in [-0.4, -0.2) is 33.7 Å². The fourth-order valence-electron chi connectivity index (χ4n) is 2.59. The number of nitrogens with one attached hydrogen (secondary N) is 1. The molecule has 1 saturated heterocycles. The van der Waals surface area contributed by atoms with E-state index >= 15 is 0 Å². The highest BCUT2D eigenvalue weighted by atomic mass is 127. The molecule has 2 aromatic rings. The smallest absolute Gasteiger partial charge is 0.242 e. The Balaban J connectivity index is 1.70. The maximum absolute atomic E-state index is 13.4. The predicted octanol–water partition coefficient (Wildman–Crippen LogP) is 4.41. The molecular formula is C19H17FIN3O2S.